The van der Waals surface area contributed by atoms with Gasteiger partial charge in [-0.2, -0.15) is 5.10 Å². The van der Waals surface area contributed by atoms with E-state index in [1.165, 1.54) is 30.7 Å². The van der Waals surface area contributed by atoms with Crippen LogP contribution in [0.25, 0.3) is 16.5 Å². The maximum atomic E-state index is 6.59. The van der Waals surface area contributed by atoms with E-state index in [-0.39, 0.29) is 0 Å². The largest absolute Gasteiger partial charge is 0.493 e. The van der Waals surface area contributed by atoms with Gasteiger partial charge in [-0.05, 0) is 128 Å². The van der Waals surface area contributed by atoms with Crippen molar-refractivity contribution in [2.24, 2.45) is 50.4 Å². The van der Waals surface area contributed by atoms with Gasteiger partial charge in [0, 0.05) is 23.9 Å². The van der Waals surface area contributed by atoms with Crippen molar-refractivity contribution in [3.63, 3.8) is 0 Å². The number of benzene rings is 4. The van der Waals surface area contributed by atoms with Crippen LogP contribution in [0.3, 0.4) is 0 Å². The van der Waals surface area contributed by atoms with Crippen molar-refractivity contribution in [2.75, 3.05) is 44.4 Å². The SMILES string of the molecule is CC(C)c1cc(N=C/C(=N\N)c2ccc3ccc(/C(N)=C/N(N)c4cc(OCCCN)cc(C(C)C)c4)cc3c2)cc(OCCCN)c1.CCCCN.CCCCN. The van der Waals surface area contributed by atoms with E-state index in [0.717, 1.165) is 81.8 Å². The predicted octanol–water partition coefficient (Wildman–Crippen LogP) is 7.73. The van der Waals surface area contributed by atoms with Crippen LogP contribution in [-0.2, 0) is 0 Å². The molecule has 58 heavy (non-hydrogen) atoms. The highest BCUT2D eigenvalue weighted by molar-refractivity contribution is 6.38. The number of ether oxygens (including phenoxy) is 2. The molecule has 4 aromatic rings. The van der Waals surface area contributed by atoms with Crippen molar-refractivity contribution in [3.05, 3.63) is 101 Å². The van der Waals surface area contributed by atoms with Gasteiger partial charge in [0.2, 0.25) is 0 Å². The van der Waals surface area contributed by atoms with E-state index in [9.17, 15) is 0 Å². The average Bonchev–Trinajstić information content (AvgIpc) is 3.21. The molecular formula is C46H72N10O2. The molecule has 12 nitrogen and oxygen atoms in total. The molecule has 318 valence electrons. The Hall–Kier alpha value is -4.98. The minimum atomic E-state index is 0.293. The number of aliphatic imine (C=N–C) groups is 1. The molecule has 0 bridgehead atoms. The average molecular weight is 797 g/mol. The molecule has 0 radical (unpaired) electrons. The highest BCUT2D eigenvalue weighted by atomic mass is 16.5. The van der Waals surface area contributed by atoms with Crippen LogP contribution in [0.4, 0.5) is 11.4 Å². The van der Waals surface area contributed by atoms with Gasteiger partial charge in [-0.3, -0.25) is 10.0 Å². The van der Waals surface area contributed by atoms with Gasteiger partial charge in [0.15, 0.2) is 0 Å². The first kappa shape index (κ1) is 49.2. The Kier molecular flexibility index (Phi) is 23.4. The minimum absolute atomic E-state index is 0.293. The Labute approximate surface area is 347 Å². The van der Waals surface area contributed by atoms with Gasteiger partial charge in [0.05, 0.1) is 36.5 Å². The topological polar surface area (TPSA) is 229 Å². The second kappa shape index (κ2) is 27.6. The molecule has 0 spiro atoms. The Morgan fingerprint density at radius 1 is 0.655 bits per heavy atom. The second-order valence-corrected chi connectivity index (χ2v) is 14.6. The number of hydrogen-bond acceptors (Lipinski definition) is 12. The van der Waals surface area contributed by atoms with Crippen LogP contribution in [0, 0.1) is 0 Å². The molecule has 0 aromatic heterocycles. The molecule has 0 aliphatic heterocycles. The number of hydrazone groups is 1. The molecule has 0 unspecified atom stereocenters. The van der Waals surface area contributed by atoms with Crippen molar-refractivity contribution >= 4 is 39.8 Å². The zero-order valence-electron chi connectivity index (χ0n) is 35.9. The van der Waals surface area contributed by atoms with Crippen LogP contribution >= 0.6 is 0 Å². The van der Waals surface area contributed by atoms with Gasteiger partial charge < -0.3 is 44.0 Å². The van der Waals surface area contributed by atoms with Crippen LogP contribution in [0.5, 0.6) is 11.5 Å². The van der Waals surface area contributed by atoms with E-state index in [1.54, 1.807) is 12.4 Å². The van der Waals surface area contributed by atoms with Crippen molar-refractivity contribution < 1.29 is 9.47 Å². The van der Waals surface area contributed by atoms with E-state index in [2.05, 4.69) is 46.6 Å². The van der Waals surface area contributed by atoms with Crippen molar-refractivity contribution in [1.29, 1.82) is 0 Å². The quantitative estimate of drug-likeness (QED) is 0.0199. The van der Waals surface area contributed by atoms with Crippen molar-refractivity contribution in [1.82, 2.24) is 0 Å². The lowest BCUT2D eigenvalue weighted by molar-refractivity contribution is 0.313. The molecule has 12 heteroatoms. The van der Waals surface area contributed by atoms with E-state index >= 15 is 0 Å². The standard InChI is InChI=1S/C38H50N8O2.2C4H11N/c1-25(2)30-17-33(21-35(19-30)47-13-5-11-39)44-23-38(45-42)29-10-8-27-7-9-28(15-32(27)16-29)37(41)24-46(43)34-18-31(26(3)4)20-36(22-34)48-14-6-12-40;2*1-2-3-4-5/h7-10,15-26H,5-6,11-14,39-43H2,1-4H3;2*2-5H2,1H3/b37-24-,44-23?,45-38+;;. The van der Waals surface area contributed by atoms with Gasteiger partial charge >= 0.3 is 0 Å². The third-order valence-electron chi connectivity index (χ3n) is 9.03. The Morgan fingerprint density at radius 3 is 1.67 bits per heavy atom. The number of hydrazine groups is 1. The molecule has 14 N–H and O–H groups in total. The number of hydrogen-bond donors (Lipinski definition) is 7. The summed E-state index contributed by atoms with van der Waals surface area (Å²) in [7, 11) is 0. The number of nitrogens with zero attached hydrogens (tertiary/aromatic N) is 3. The molecule has 4 aromatic carbocycles. The van der Waals surface area contributed by atoms with Crippen LogP contribution in [0.1, 0.15) is 114 Å². The normalized spacial score (nSPS) is 11.7. The fourth-order valence-electron chi connectivity index (χ4n) is 5.43. The summed E-state index contributed by atoms with van der Waals surface area (Å²) >= 11 is 0. The third-order valence-corrected chi connectivity index (χ3v) is 9.03. The van der Waals surface area contributed by atoms with Gasteiger partial charge in [-0.25, -0.2) is 5.84 Å². The number of rotatable bonds is 20. The van der Waals surface area contributed by atoms with Crippen LogP contribution in [0.15, 0.2) is 89.1 Å². The summed E-state index contributed by atoms with van der Waals surface area (Å²) in [5.74, 6) is 14.5. The predicted molar refractivity (Wildman–Crippen MR) is 249 cm³/mol. The van der Waals surface area contributed by atoms with E-state index < -0.39 is 0 Å². The van der Waals surface area contributed by atoms with E-state index in [1.807, 2.05) is 72.8 Å². The number of nitrogens with two attached hydrogens (primary N) is 7. The summed E-state index contributed by atoms with van der Waals surface area (Å²) in [5.41, 5.74) is 34.6. The molecular weight excluding hydrogens is 725 g/mol. The summed E-state index contributed by atoms with van der Waals surface area (Å²) in [6, 6.07) is 24.0. The highest BCUT2D eigenvalue weighted by Crippen LogP contribution is 2.30. The zero-order valence-corrected chi connectivity index (χ0v) is 35.9. The summed E-state index contributed by atoms with van der Waals surface area (Å²) in [4.78, 5) is 4.71. The molecule has 0 fully saturated rings. The monoisotopic (exact) mass is 797 g/mol. The maximum absolute atomic E-state index is 6.59. The molecule has 4 rings (SSSR count). The zero-order chi connectivity index (χ0) is 42.9. The van der Waals surface area contributed by atoms with Gasteiger partial charge in [-0.15, -0.1) is 0 Å². The number of anilines is 1. The summed E-state index contributed by atoms with van der Waals surface area (Å²) in [6.07, 6.45) is 9.71. The van der Waals surface area contributed by atoms with Gasteiger partial charge in [0.1, 0.15) is 17.2 Å². The second-order valence-electron chi connectivity index (χ2n) is 14.6. The van der Waals surface area contributed by atoms with E-state index in [4.69, 9.17) is 54.8 Å². The van der Waals surface area contributed by atoms with Crippen molar-refractivity contribution in [2.45, 2.75) is 91.9 Å². The highest BCUT2D eigenvalue weighted by Gasteiger charge is 2.11. The van der Waals surface area contributed by atoms with Gasteiger partial charge in [-0.1, -0.05) is 78.6 Å². The maximum Gasteiger partial charge on any atom is 0.121 e. The molecule has 0 aliphatic rings. The third kappa shape index (κ3) is 17.3. The first-order valence-electron chi connectivity index (χ1n) is 20.7. The van der Waals surface area contributed by atoms with Crippen molar-refractivity contribution in [3.8, 4) is 11.5 Å². The molecule has 0 aliphatic carbocycles. The summed E-state index contributed by atoms with van der Waals surface area (Å²) in [6.45, 7) is 16.7. The lowest BCUT2D eigenvalue weighted by Crippen LogP contribution is -2.26. The molecule has 0 amide bonds. The summed E-state index contributed by atoms with van der Waals surface area (Å²) in [5, 5.41) is 7.58. The fraction of sp³-hybridized carbons (Fsp3) is 0.435. The smallest absolute Gasteiger partial charge is 0.121 e. The lowest BCUT2D eigenvalue weighted by atomic mass is 10.0. The van der Waals surface area contributed by atoms with Crippen LogP contribution < -0.4 is 54.8 Å². The van der Waals surface area contributed by atoms with Crippen LogP contribution in [-0.4, -0.2) is 51.3 Å². The van der Waals surface area contributed by atoms with Crippen LogP contribution in [0.2, 0.25) is 0 Å². The molecule has 0 atom stereocenters. The fourth-order valence-corrected chi connectivity index (χ4v) is 5.43. The molecule has 0 heterocycles. The Bertz CT molecular complexity index is 1860. The number of unbranched alkanes of at least 4 members (excludes halogenated alkanes) is 2. The number of fused-ring (bicyclic) bond motifs is 1. The minimum Gasteiger partial charge on any atom is -0.493 e. The lowest BCUT2D eigenvalue weighted by Gasteiger charge is -2.19. The molecule has 0 saturated carbocycles. The Balaban J connectivity index is 0.00000103. The Morgan fingerprint density at radius 2 is 1.17 bits per heavy atom. The first-order valence-corrected chi connectivity index (χ1v) is 20.7. The van der Waals surface area contributed by atoms with Gasteiger partial charge in [0.25, 0.3) is 0 Å². The molecule has 0 saturated heterocycles. The summed E-state index contributed by atoms with van der Waals surface area (Å²) < 4.78 is 11.9. The first-order chi connectivity index (χ1) is 27.9. The van der Waals surface area contributed by atoms with E-state index in [0.29, 0.717) is 49.5 Å².